The Balaban J connectivity index is 1.26. The Morgan fingerprint density at radius 2 is 2.06 bits per heavy atom. The summed E-state index contributed by atoms with van der Waals surface area (Å²) in [5, 5.41) is 10.3. The van der Waals surface area contributed by atoms with E-state index in [0.717, 1.165) is 42.8 Å². The molecule has 2 aliphatic heterocycles. The van der Waals surface area contributed by atoms with Crippen LogP contribution < -0.4 is 5.32 Å². The van der Waals surface area contributed by atoms with Gasteiger partial charge in [-0.25, -0.2) is 0 Å². The van der Waals surface area contributed by atoms with Gasteiger partial charge in [-0.3, -0.25) is 19.8 Å². The number of dihydropyridines is 1. The van der Waals surface area contributed by atoms with Crippen molar-refractivity contribution >= 4 is 11.5 Å². The standard InChI is InChI=1S/C23H28N6O2/c1-2-31-23(7-6-18(15-25-23)19-16-26-27-17-19)29-13-11-28(12-14-29)21(30)22(8-9-22)20-5-3-4-10-24-20/h3-7,10,15-17,25H,2,8-9,11-14H2,1H3,(H,26,27). The van der Waals surface area contributed by atoms with Gasteiger partial charge in [0, 0.05) is 62.5 Å². The van der Waals surface area contributed by atoms with Crippen LogP contribution in [0.15, 0.2) is 55.1 Å². The monoisotopic (exact) mass is 420 g/mol. The van der Waals surface area contributed by atoms with Crippen LogP contribution in [0, 0.1) is 0 Å². The number of carbonyl (C=O) groups excluding carboxylic acids is 1. The number of carbonyl (C=O) groups is 1. The molecule has 162 valence electrons. The number of piperazine rings is 1. The molecule has 2 N–H and O–H groups in total. The SMILES string of the molecule is CCOC1(N2CCN(C(=O)C3(c4ccccn4)CC3)CC2)C=CC(c2cn[nH]c2)=CN1. The minimum atomic E-state index is -0.699. The topological polar surface area (TPSA) is 86.4 Å². The number of allylic oxidation sites excluding steroid dienone is 2. The maximum atomic E-state index is 13.3. The molecule has 2 aromatic rings. The first kappa shape index (κ1) is 20.0. The highest BCUT2D eigenvalue weighted by Crippen LogP contribution is 2.48. The van der Waals surface area contributed by atoms with E-state index in [1.165, 1.54) is 0 Å². The summed E-state index contributed by atoms with van der Waals surface area (Å²) in [7, 11) is 0. The summed E-state index contributed by atoms with van der Waals surface area (Å²) in [6.45, 7) is 5.39. The number of hydrogen-bond acceptors (Lipinski definition) is 6. The van der Waals surface area contributed by atoms with Crippen molar-refractivity contribution in [1.82, 2.24) is 30.3 Å². The lowest BCUT2D eigenvalue weighted by molar-refractivity contribution is -0.155. The predicted molar refractivity (Wildman–Crippen MR) is 116 cm³/mol. The van der Waals surface area contributed by atoms with Crippen molar-refractivity contribution in [3.63, 3.8) is 0 Å². The molecule has 0 aromatic carbocycles. The van der Waals surface area contributed by atoms with Gasteiger partial charge in [-0.2, -0.15) is 5.10 Å². The smallest absolute Gasteiger partial charge is 0.234 e. The second-order valence-electron chi connectivity index (χ2n) is 8.27. The van der Waals surface area contributed by atoms with Crippen LogP contribution in [0.2, 0.25) is 0 Å². The Kier molecular flexibility index (Phi) is 5.11. The molecule has 2 fully saturated rings. The summed E-state index contributed by atoms with van der Waals surface area (Å²) in [6, 6.07) is 5.84. The van der Waals surface area contributed by atoms with E-state index in [2.05, 4.69) is 37.6 Å². The lowest BCUT2D eigenvalue weighted by Gasteiger charge is -2.47. The Morgan fingerprint density at radius 3 is 2.65 bits per heavy atom. The van der Waals surface area contributed by atoms with Crippen molar-refractivity contribution < 1.29 is 9.53 Å². The van der Waals surface area contributed by atoms with Gasteiger partial charge in [0.25, 0.3) is 0 Å². The average Bonchev–Trinajstić information content (AvgIpc) is 3.46. The molecule has 31 heavy (non-hydrogen) atoms. The minimum absolute atomic E-state index is 0.214. The molecule has 5 rings (SSSR count). The van der Waals surface area contributed by atoms with Crippen LogP contribution in [0.4, 0.5) is 0 Å². The van der Waals surface area contributed by atoms with Gasteiger partial charge < -0.3 is 15.0 Å². The zero-order valence-electron chi connectivity index (χ0n) is 17.8. The van der Waals surface area contributed by atoms with Crippen LogP contribution >= 0.6 is 0 Å². The molecule has 1 atom stereocenters. The number of rotatable bonds is 6. The van der Waals surface area contributed by atoms with E-state index < -0.39 is 11.3 Å². The molecule has 1 unspecified atom stereocenters. The lowest BCUT2D eigenvalue weighted by Crippen LogP contribution is -2.64. The van der Waals surface area contributed by atoms with Gasteiger partial charge in [0.15, 0.2) is 0 Å². The number of aromatic nitrogens is 3. The van der Waals surface area contributed by atoms with Gasteiger partial charge in [0.2, 0.25) is 11.8 Å². The van der Waals surface area contributed by atoms with Crippen LogP contribution in [-0.2, 0) is 14.9 Å². The Morgan fingerprint density at radius 1 is 1.23 bits per heavy atom. The third-order valence-electron chi connectivity index (χ3n) is 6.47. The fraction of sp³-hybridized carbons (Fsp3) is 0.435. The molecule has 1 amide bonds. The summed E-state index contributed by atoms with van der Waals surface area (Å²) < 4.78 is 6.17. The number of nitrogens with zero attached hydrogens (tertiary/aromatic N) is 4. The summed E-state index contributed by atoms with van der Waals surface area (Å²) in [5.41, 5.74) is 2.56. The Labute approximate surface area is 182 Å². The lowest BCUT2D eigenvalue weighted by atomic mass is 9.99. The van der Waals surface area contributed by atoms with E-state index in [4.69, 9.17) is 4.74 Å². The van der Waals surface area contributed by atoms with Gasteiger partial charge in [-0.15, -0.1) is 0 Å². The maximum Gasteiger partial charge on any atom is 0.234 e. The van der Waals surface area contributed by atoms with Gasteiger partial charge in [0.1, 0.15) is 0 Å². The number of aromatic amines is 1. The van der Waals surface area contributed by atoms with Crippen molar-refractivity contribution in [3.8, 4) is 0 Å². The van der Waals surface area contributed by atoms with E-state index in [1.54, 1.807) is 12.4 Å². The first-order valence-electron chi connectivity index (χ1n) is 10.9. The fourth-order valence-electron chi connectivity index (χ4n) is 4.56. The van der Waals surface area contributed by atoms with E-state index >= 15 is 0 Å². The molecular formula is C23H28N6O2. The summed E-state index contributed by atoms with van der Waals surface area (Å²) >= 11 is 0. The number of ether oxygens (including phenoxy) is 1. The number of nitrogens with one attached hydrogen (secondary N) is 2. The van der Waals surface area contributed by atoms with E-state index in [0.29, 0.717) is 19.7 Å². The number of pyridine rings is 1. The van der Waals surface area contributed by atoms with Gasteiger partial charge in [0.05, 0.1) is 17.3 Å². The van der Waals surface area contributed by atoms with Crippen molar-refractivity contribution in [1.29, 1.82) is 0 Å². The van der Waals surface area contributed by atoms with Gasteiger partial charge in [-0.1, -0.05) is 12.1 Å². The predicted octanol–water partition coefficient (Wildman–Crippen LogP) is 1.87. The van der Waals surface area contributed by atoms with Gasteiger partial charge in [-0.05, 0) is 38.0 Å². The summed E-state index contributed by atoms with van der Waals surface area (Å²) in [6.07, 6.45) is 13.3. The van der Waals surface area contributed by atoms with E-state index in [-0.39, 0.29) is 5.91 Å². The van der Waals surface area contributed by atoms with Crippen molar-refractivity contribution in [2.75, 3.05) is 32.8 Å². The van der Waals surface area contributed by atoms with Crippen LogP contribution in [0.5, 0.6) is 0 Å². The first-order chi connectivity index (χ1) is 15.2. The molecule has 0 bridgehead atoms. The molecule has 8 nitrogen and oxygen atoms in total. The number of amides is 1. The second kappa shape index (κ2) is 7.94. The van der Waals surface area contributed by atoms with Crippen LogP contribution in [0.25, 0.3) is 5.57 Å². The molecule has 1 saturated carbocycles. The third-order valence-corrected chi connectivity index (χ3v) is 6.47. The first-order valence-corrected chi connectivity index (χ1v) is 10.9. The van der Waals surface area contributed by atoms with E-state index in [1.807, 2.05) is 42.4 Å². The zero-order chi connectivity index (χ0) is 21.3. The maximum absolute atomic E-state index is 13.3. The van der Waals surface area contributed by atoms with E-state index in [9.17, 15) is 4.79 Å². The van der Waals surface area contributed by atoms with Crippen molar-refractivity contribution in [2.45, 2.75) is 31.0 Å². The molecular weight excluding hydrogens is 392 g/mol. The minimum Gasteiger partial charge on any atom is -0.347 e. The zero-order valence-corrected chi connectivity index (χ0v) is 17.8. The molecule has 1 aliphatic carbocycles. The molecule has 2 aromatic heterocycles. The second-order valence-corrected chi connectivity index (χ2v) is 8.27. The largest absolute Gasteiger partial charge is 0.347 e. The van der Waals surface area contributed by atoms with Crippen LogP contribution in [-0.4, -0.2) is 69.5 Å². The summed E-state index contributed by atoms with van der Waals surface area (Å²) in [4.78, 5) is 22.1. The third kappa shape index (κ3) is 3.55. The van der Waals surface area contributed by atoms with Crippen LogP contribution in [0.3, 0.4) is 0 Å². The molecule has 0 radical (unpaired) electrons. The Hall–Kier alpha value is -2.97. The highest BCUT2D eigenvalue weighted by molar-refractivity contribution is 5.91. The molecule has 3 aliphatic rings. The van der Waals surface area contributed by atoms with Crippen molar-refractivity contribution in [3.05, 3.63) is 66.4 Å². The van der Waals surface area contributed by atoms with Crippen molar-refractivity contribution in [2.24, 2.45) is 0 Å². The molecule has 8 heteroatoms. The summed E-state index contributed by atoms with van der Waals surface area (Å²) in [5.74, 6) is -0.486. The number of H-pyrrole nitrogens is 1. The number of hydrogen-bond donors (Lipinski definition) is 2. The highest BCUT2D eigenvalue weighted by Gasteiger charge is 2.54. The quantitative estimate of drug-likeness (QED) is 0.742. The van der Waals surface area contributed by atoms with Crippen LogP contribution in [0.1, 0.15) is 31.0 Å². The highest BCUT2D eigenvalue weighted by atomic mass is 16.5. The Bertz CT molecular complexity index is 975. The fourth-order valence-corrected chi connectivity index (χ4v) is 4.56. The molecule has 0 spiro atoms. The normalized spacial score (nSPS) is 25.1. The average molecular weight is 421 g/mol. The van der Waals surface area contributed by atoms with Gasteiger partial charge >= 0.3 is 0 Å². The molecule has 1 saturated heterocycles. The molecule has 4 heterocycles.